The molecule has 2 rings (SSSR count). The Bertz CT molecular complexity index is 933. The van der Waals surface area contributed by atoms with Gasteiger partial charge in [0, 0.05) is 5.02 Å². The number of hydrogen-bond acceptors (Lipinski definition) is 4. The molecule has 0 saturated carbocycles. The van der Waals surface area contributed by atoms with E-state index >= 15 is 0 Å². The minimum Gasteiger partial charge on any atom is -0.492 e. The van der Waals surface area contributed by atoms with Crippen LogP contribution in [-0.2, 0) is 14.8 Å². The van der Waals surface area contributed by atoms with Gasteiger partial charge in [0.25, 0.3) is 0 Å². The summed E-state index contributed by atoms with van der Waals surface area (Å²) in [7, 11) is -3.78. The number of hydrogen-bond donors (Lipinski definition) is 1. The maximum Gasteiger partial charge on any atom is 0.243 e. The summed E-state index contributed by atoms with van der Waals surface area (Å²) >= 11 is 12.1. The number of nitrogens with one attached hydrogen (secondary N) is 1. The first-order valence-electron chi connectivity index (χ1n) is 8.51. The van der Waals surface area contributed by atoms with E-state index < -0.39 is 22.0 Å². The highest BCUT2D eigenvalue weighted by Crippen LogP contribution is 2.32. The molecule has 0 radical (unpaired) electrons. The van der Waals surface area contributed by atoms with Gasteiger partial charge in [-0.3, -0.25) is 9.10 Å². The summed E-state index contributed by atoms with van der Waals surface area (Å²) in [5, 5.41) is 3.16. The van der Waals surface area contributed by atoms with Gasteiger partial charge in [0.05, 0.1) is 23.5 Å². The number of aryl methyl sites for hydroxylation is 1. The van der Waals surface area contributed by atoms with Crippen LogP contribution in [0.3, 0.4) is 0 Å². The van der Waals surface area contributed by atoms with Crippen molar-refractivity contribution in [3.05, 3.63) is 58.1 Å². The van der Waals surface area contributed by atoms with E-state index in [1.54, 1.807) is 6.07 Å². The highest BCUT2D eigenvalue weighted by atomic mass is 35.5. The van der Waals surface area contributed by atoms with Gasteiger partial charge in [-0.05, 0) is 44.2 Å². The number of benzene rings is 2. The summed E-state index contributed by atoms with van der Waals surface area (Å²) in [6, 6.07) is 10.9. The van der Waals surface area contributed by atoms with Crippen molar-refractivity contribution in [2.24, 2.45) is 0 Å². The van der Waals surface area contributed by atoms with Gasteiger partial charge in [0.2, 0.25) is 15.9 Å². The van der Waals surface area contributed by atoms with Crippen LogP contribution >= 0.6 is 23.2 Å². The van der Waals surface area contributed by atoms with Gasteiger partial charge >= 0.3 is 0 Å². The molecule has 1 atom stereocenters. The van der Waals surface area contributed by atoms with Gasteiger partial charge in [-0.25, -0.2) is 8.42 Å². The number of anilines is 1. The first-order valence-corrected chi connectivity index (χ1v) is 11.1. The fourth-order valence-electron chi connectivity index (χ4n) is 2.56. The van der Waals surface area contributed by atoms with Crippen LogP contribution in [0.15, 0.2) is 42.5 Å². The highest BCUT2D eigenvalue weighted by molar-refractivity contribution is 7.92. The van der Waals surface area contributed by atoms with Crippen molar-refractivity contribution >= 4 is 44.8 Å². The Morgan fingerprint density at radius 1 is 1.18 bits per heavy atom. The van der Waals surface area contributed by atoms with E-state index in [0.29, 0.717) is 10.8 Å². The number of carbonyl (C=O) groups excluding carboxylic acids is 1. The number of amides is 1. The van der Waals surface area contributed by atoms with Gasteiger partial charge in [0.15, 0.2) is 0 Å². The highest BCUT2D eigenvalue weighted by Gasteiger charge is 2.30. The van der Waals surface area contributed by atoms with Crippen LogP contribution in [0, 0.1) is 6.92 Å². The van der Waals surface area contributed by atoms with Crippen molar-refractivity contribution in [3.8, 4) is 5.75 Å². The molecule has 0 heterocycles. The van der Waals surface area contributed by atoms with Crippen LogP contribution in [0.5, 0.6) is 5.75 Å². The number of halogens is 2. The molecule has 0 saturated heterocycles. The Balaban J connectivity index is 2.03. The summed E-state index contributed by atoms with van der Waals surface area (Å²) in [6.07, 6.45) is 1.01. The third-order valence-corrected chi connectivity index (χ3v) is 5.71. The van der Waals surface area contributed by atoms with E-state index in [4.69, 9.17) is 27.9 Å². The zero-order valence-corrected chi connectivity index (χ0v) is 18.1. The van der Waals surface area contributed by atoms with Crippen molar-refractivity contribution in [2.45, 2.75) is 19.9 Å². The minimum atomic E-state index is -3.78. The first-order chi connectivity index (χ1) is 13.1. The molecule has 0 bridgehead atoms. The summed E-state index contributed by atoms with van der Waals surface area (Å²) in [4.78, 5) is 12.5. The average Bonchev–Trinajstić information content (AvgIpc) is 2.62. The Morgan fingerprint density at radius 2 is 1.82 bits per heavy atom. The molecule has 0 aliphatic rings. The minimum absolute atomic E-state index is 0.148. The molecule has 1 amide bonds. The van der Waals surface area contributed by atoms with Crippen molar-refractivity contribution in [2.75, 3.05) is 23.7 Å². The Hall–Kier alpha value is -1.96. The largest absolute Gasteiger partial charge is 0.492 e. The van der Waals surface area contributed by atoms with Crippen LogP contribution in [0.4, 0.5) is 5.69 Å². The monoisotopic (exact) mass is 444 g/mol. The van der Waals surface area contributed by atoms with Crippen molar-refractivity contribution < 1.29 is 17.9 Å². The molecule has 6 nitrogen and oxygen atoms in total. The number of nitrogens with zero attached hydrogens (tertiary/aromatic N) is 1. The van der Waals surface area contributed by atoms with Gasteiger partial charge in [-0.2, -0.15) is 0 Å². The number of ether oxygens (including phenoxy) is 1. The van der Waals surface area contributed by atoms with Gasteiger partial charge in [0.1, 0.15) is 18.4 Å². The molecule has 0 spiro atoms. The molecule has 1 N–H and O–H groups in total. The third-order valence-electron chi connectivity index (χ3n) is 3.93. The zero-order valence-electron chi connectivity index (χ0n) is 15.8. The van der Waals surface area contributed by atoms with E-state index in [0.717, 1.165) is 16.1 Å². The summed E-state index contributed by atoms with van der Waals surface area (Å²) in [5.41, 5.74) is 1.27. The lowest BCUT2D eigenvalue weighted by Crippen LogP contribution is -2.48. The lowest BCUT2D eigenvalue weighted by Gasteiger charge is -2.29. The van der Waals surface area contributed by atoms with Gasteiger partial charge in [-0.15, -0.1) is 0 Å². The van der Waals surface area contributed by atoms with Gasteiger partial charge < -0.3 is 10.1 Å². The zero-order chi connectivity index (χ0) is 20.9. The normalized spacial score (nSPS) is 12.3. The molecular weight excluding hydrogens is 423 g/mol. The Kier molecular flexibility index (Phi) is 7.57. The lowest BCUT2D eigenvalue weighted by atomic mass is 10.2. The molecule has 0 fully saturated rings. The molecule has 1 unspecified atom stereocenters. The second-order valence-corrected chi connectivity index (χ2v) is 8.99. The molecule has 28 heavy (non-hydrogen) atoms. The fraction of sp³-hybridized carbons (Fsp3) is 0.316. The van der Waals surface area contributed by atoms with E-state index in [1.165, 1.54) is 19.1 Å². The SMILES string of the molecule is Cc1ccc(OCCNC(=O)C(C)N(c2cc(Cl)ccc2Cl)S(C)(=O)=O)cc1. The molecule has 2 aromatic carbocycles. The maximum absolute atomic E-state index is 12.5. The van der Waals surface area contributed by atoms with E-state index in [2.05, 4.69) is 5.32 Å². The molecular formula is C19H22Cl2N2O4S. The number of sulfonamides is 1. The van der Waals surface area contributed by atoms with E-state index in [9.17, 15) is 13.2 Å². The lowest BCUT2D eigenvalue weighted by molar-refractivity contribution is -0.121. The van der Waals surface area contributed by atoms with Crippen LogP contribution in [0.2, 0.25) is 10.0 Å². The predicted octanol–water partition coefficient (Wildman–Crippen LogP) is 3.65. The second-order valence-electron chi connectivity index (χ2n) is 6.28. The predicted molar refractivity (Wildman–Crippen MR) is 113 cm³/mol. The van der Waals surface area contributed by atoms with Crippen molar-refractivity contribution in [1.29, 1.82) is 0 Å². The Morgan fingerprint density at radius 3 is 2.43 bits per heavy atom. The van der Waals surface area contributed by atoms with Crippen LogP contribution < -0.4 is 14.4 Å². The van der Waals surface area contributed by atoms with Crippen molar-refractivity contribution in [3.63, 3.8) is 0 Å². The number of carbonyl (C=O) groups is 1. The van der Waals surface area contributed by atoms with E-state index in [-0.39, 0.29) is 23.9 Å². The van der Waals surface area contributed by atoms with Crippen LogP contribution in [0.1, 0.15) is 12.5 Å². The smallest absolute Gasteiger partial charge is 0.243 e. The van der Waals surface area contributed by atoms with E-state index in [1.807, 2.05) is 31.2 Å². The second kappa shape index (κ2) is 9.49. The summed E-state index contributed by atoms with van der Waals surface area (Å²) < 4.78 is 31.1. The number of rotatable bonds is 8. The fourth-order valence-corrected chi connectivity index (χ4v) is 4.16. The van der Waals surface area contributed by atoms with Crippen molar-refractivity contribution in [1.82, 2.24) is 5.32 Å². The molecule has 0 aromatic heterocycles. The molecule has 0 aliphatic carbocycles. The quantitative estimate of drug-likeness (QED) is 0.630. The standard InChI is InChI=1S/C19H22Cl2N2O4S/c1-13-4-7-16(8-5-13)27-11-10-22-19(24)14(2)23(28(3,25)26)18-12-15(20)6-9-17(18)21/h4-9,12,14H,10-11H2,1-3H3,(H,22,24). The Labute approximate surface area is 175 Å². The molecule has 2 aromatic rings. The van der Waals surface area contributed by atoms with Crippen LogP contribution in [-0.4, -0.2) is 39.8 Å². The van der Waals surface area contributed by atoms with Gasteiger partial charge in [-0.1, -0.05) is 40.9 Å². The topological polar surface area (TPSA) is 75.7 Å². The van der Waals surface area contributed by atoms with Crippen LogP contribution in [0.25, 0.3) is 0 Å². The third kappa shape index (κ3) is 6.02. The maximum atomic E-state index is 12.5. The first kappa shape index (κ1) is 22.3. The molecule has 9 heteroatoms. The average molecular weight is 445 g/mol. The summed E-state index contributed by atoms with van der Waals surface area (Å²) in [5.74, 6) is 0.213. The molecule has 152 valence electrons. The summed E-state index contributed by atoms with van der Waals surface area (Å²) in [6.45, 7) is 3.93. The molecule has 0 aliphatic heterocycles.